The van der Waals surface area contributed by atoms with Gasteiger partial charge in [0.15, 0.2) is 0 Å². The zero-order valence-electron chi connectivity index (χ0n) is 14.6. The van der Waals surface area contributed by atoms with Gasteiger partial charge in [-0.25, -0.2) is 0 Å². The van der Waals surface area contributed by atoms with E-state index in [1.165, 1.54) is 0 Å². The van der Waals surface area contributed by atoms with Crippen LogP contribution in [-0.2, 0) is 13.0 Å². The van der Waals surface area contributed by atoms with Crippen molar-refractivity contribution in [1.82, 2.24) is 10.6 Å². The summed E-state index contributed by atoms with van der Waals surface area (Å²) in [4.78, 5) is 24.0. The van der Waals surface area contributed by atoms with Gasteiger partial charge in [0, 0.05) is 23.7 Å². The largest absolute Gasteiger partial charge is 0.392 e. The number of carbonyl (C=O) groups is 2. The minimum absolute atomic E-state index is 0.0300. The normalized spacial score (nSPS) is 10.6. The Labute approximate surface area is 148 Å². The molecule has 0 aliphatic rings. The van der Waals surface area contributed by atoms with Crippen molar-refractivity contribution in [3.63, 3.8) is 0 Å². The van der Waals surface area contributed by atoms with Gasteiger partial charge in [0.2, 0.25) is 0 Å². The molecule has 2 amide bonds. The number of aliphatic hydroxyl groups is 1. The molecule has 0 fully saturated rings. The molecule has 0 aromatic heterocycles. The lowest BCUT2D eigenvalue weighted by atomic mass is 10.1. The molecular formula is C20H24N2O3. The number of amides is 2. The van der Waals surface area contributed by atoms with Crippen LogP contribution in [0.1, 0.15) is 45.7 Å². The highest BCUT2D eigenvalue weighted by Gasteiger charge is 2.09. The van der Waals surface area contributed by atoms with E-state index in [-0.39, 0.29) is 24.5 Å². The summed E-state index contributed by atoms with van der Waals surface area (Å²) in [6.07, 6.45) is 0.715. The molecular weight excluding hydrogens is 316 g/mol. The van der Waals surface area contributed by atoms with Crippen molar-refractivity contribution in [2.45, 2.75) is 32.9 Å². The first kappa shape index (κ1) is 18.7. The monoisotopic (exact) mass is 340 g/mol. The molecule has 0 atom stereocenters. The van der Waals surface area contributed by atoms with Gasteiger partial charge >= 0.3 is 0 Å². The van der Waals surface area contributed by atoms with E-state index in [4.69, 9.17) is 5.11 Å². The highest BCUT2D eigenvalue weighted by Crippen LogP contribution is 2.07. The van der Waals surface area contributed by atoms with Crippen LogP contribution in [-0.4, -0.2) is 29.5 Å². The third kappa shape index (κ3) is 5.72. The first-order chi connectivity index (χ1) is 12.0. The maximum atomic E-state index is 12.1. The Hall–Kier alpha value is -2.66. The smallest absolute Gasteiger partial charge is 0.251 e. The number of rotatable bonds is 7. The number of hydrogen-bond acceptors (Lipinski definition) is 3. The molecule has 0 aliphatic carbocycles. The molecule has 2 aromatic carbocycles. The van der Waals surface area contributed by atoms with E-state index in [1.807, 2.05) is 38.1 Å². The van der Waals surface area contributed by atoms with Gasteiger partial charge in [0.1, 0.15) is 0 Å². The van der Waals surface area contributed by atoms with Gasteiger partial charge in [0.05, 0.1) is 6.61 Å². The van der Waals surface area contributed by atoms with E-state index >= 15 is 0 Å². The predicted molar refractivity (Wildman–Crippen MR) is 97.4 cm³/mol. The Kier molecular flexibility index (Phi) is 6.71. The fraction of sp³-hybridized carbons (Fsp3) is 0.300. The molecule has 0 unspecified atom stereocenters. The van der Waals surface area contributed by atoms with Gasteiger partial charge in [-0.3, -0.25) is 9.59 Å². The van der Waals surface area contributed by atoms with Gasteiger partial charge in [0.25, 0.3) is 11.8 Å². The van der Waals surface area contributed by atoms with Crippen molar-refractivity contribution in [2.24, 2.45) is 0 Å². The second-order valence-corrected chi connectivity index (χ2v) is 6.19. The maximum absolute atomic E-state index is 12.1. The predicted octanol–water partition coefficient (Wildman–Crippen LogP) is 2.29. The third-order valence-electron chi connectivity index (χ3n) is 3.73. The second-order valence-electron chi connectivity index (χ2n) is 6.19. The Morgan fingerprint density at radius 1 is 0.880 bits per heavy atom. The zero-order chi connectivity index (χ0) is 18.2. The van der Waals surface area contributed by atoms with E-state index in [0.29, 0.717) is 24.1 Å². The summed E-state index contributed by atoms with van der Waals surface area (Å²) in [5.74, 6) is -0.309. The van der Waals surface area contributed by atoms with E-state index in [9.17, 15) is 9.59 Å². The van der Waals surface area contributed by atoms with Gasteiger partial charge in [-0.1, -0.05) is 24.3 Å². The summed E-state index contributed by atoms with van der Waals surface area (Å²) in [5.41, 5.74) is 3.03. The molecule has 132 valence electrons. The average Bonchev–Trinajstić information content (AvgIpc) is 2.61. The van der Waals surface area contributed by atoms with Crippen LogP contribution < -0.4 is 10.6 Å². The summed E-state index contributed by atoms with van der Waals surface area (Å²) < 4.78 is 0. The number of aliphatic hydroxyl groups excluding tert-OH is 1. The number of carbonyl (C=O) groups excluding carboxylic acids is 2. The summed E-state index contributed by atoms with van der Waals surface area (Å²) in [6, 6.07) is 14.3. The van der Waals surface area contributed by atoms with Crippen LogP contribution in [0, 0.1) is 0 Å². The number of hydrogen-bond donors (Lipinski definition) is 3. The van der Waals surface area contributed by atoms with Crippen molar-refractivity contribution in [3.8, 4) is 0 Å². The molecule has 2 rings (SSSR count). The number of nitrogens with one attached hydrogen (secondary N) is 2. The minimum Gasteiger partial charge on any atom is -0.392 e. The molecule has 5 heteroatoms. The molecule has 2 aromatic rings. The highest BCUT2D eigenvalue weighted by molar-refractivity contribution is 5.97. The fourth-order valence-electron chi connectivity index (χ4n) is 2.35. The number of benzene rings is 2. The summed E-state index contributed by atoms with van der Waals surface area (Å²) in [6.45, 7) is 4.35. The Balaban J connectivity index is 1.84. The molecule has 0 radical (unpaired) electrons. The van der Waals surface area contributed by atoms with Crippen molar-refractivity contribution >= 4 is 11.8 Å². The lowest BCUT2D eigenvalue weighted by Crippen LogP contribution is -2.30. The minimum atomic E-state index is -0.164. The van der Waals surface area contributed by atoms with Crippen LogP contribution in [0.4, 0.5) is 0 Å². The van der Waals surface area contributed by atoms with Crippen molar-refractivity contribution in [2.75, 3.05) is 6.54 Å². The molecule has 0 saturated heterocycles. The van der Waals surface area contributed by atoms with Gasteiger partial charge in [-0.05, 0) is 55.7 Å². The Morgan fingerprint density at radius 2 is 1.40 bits per heavy atom. The molecule has 25 heavy (non-hydrogen) atoms. The molecule has 0 aliphatic heterocycles. The summed E-state index contributed by atoms with van der Waals surface area (Å²) >= 11 is 0. The van der Waals surface area contributed by atoms with Gasteiger partial charge in [-0.2, -0.15) is 0 Å². The average molecular weight is 340 g/mol. The van der Waals surface area contributed by atoms with Crippen molar-refractivity contribution in [3.05, 3.63) is 70.8 Å². The van der Waals surface area contributed by atoms with Crippen LogP contribution >= 0.6 is 0 Å². The van der Waals surface area contributed by atoms with Crippen LogP contribution in [0.5, 0.6) is 0 Å². The van der Waals surface area contributed by atoms with Crippen LogP contribution in [0.2, 0.25) is 0 Å². The SMILES string of the molecule is CC(C)NC(=O)c1ccc(C(=O)NCCc2ccc(CO)cc2)cc1. The Morgan fingerprint density at radius 3 is 1.92 bits per heavy atom. The molecule has 0 spiro atoms. The van der Waals surface area contributed by atoms with Gasteiger partial charge in [-0.15, -0.1) is 0 Å². The second kappa shape index (κ2) is 8.99. The maximum Gasteiger partial charge on any atom is 0.251 e. The lowest BCUT2D eigenvalue weighted by Gasteiger charge is -2.09. The topological polar surface area (TPSA) is 78.4 Å². The van der Waals surface area contributed by atoms with Crippen molar-refractivity contribution in [1.29, 1.82) is 0 Å². The molecule has 0 heterocycles. The van der Waals surface area contributed by atoms with Gasteiger partial charge < -0.3 is 15.7 Å². The Bertz CT molecular complexity index is 707. The van der Waals surface area contributed by atoms with E-state index in [0.717, 1.165) is 11.1 Å². The lowest BCUT2D eigenvalue weighted by molar-refractivity contribution is 0.0935. The summed E-state index contributed by atoms with van der Waals surface area (Å²) in [5, 5.41) is 14.7. The molecule has 3 N–H and O–H groups in total. The van der Waals surface area contributed by atoms with Crippen LogP contribution in [0.25, 0.3) is 0 Å². The molecule has 0 saturated carbocycles. The quantitative estimate of drug-likeness (QED) is 0.724. The zero-order valence-corrected chi connectivity index (χ0v) is 14.6. The third-order valence-corrected chi connectivity index (χ3v) is 3.73. The first-order valence-corrected chi connectivity index (χ1v) is 8.37. The highest BCUT2D eigenvalue weighted by atomic mass is 16.3. The van der Waals surface area contributed by atoms with E-state index in [1.54, 1.807) is 24.3 Å². The van der Waals surface area contributed by atoms with Crippen LogP contribution in [0.3, 0.4) is 0 Å². The molecule has 5 nitrogen and oxygen atoms in total. The van der Waals surface area contributed by atoms with Crippen LogP contribution in [0.15, 0.2) is 48.5 Å². The first-order valence-electron chi connectivity index (χ1n) is 8.37. The molecule has 0 bridgehead atoms. The summed E-state index contributed by atoms with van der Waals surface area (Å²) in [7, 11) is 0. The van der Waals surface area contributed by atoms with E-state index in [2.05, 4.69) is 10.6 Å². The van der Waals surface area contributed by atoms with Crippen molar-refractivity contribution < 1.29 is 14.7 Å². The van der Waals surface area contributed by atoms with E-state index < -0.39 is 0 Å². The fourth-order valence-corrected chi connectivity index (χ4v) is 2.35. The standard InChI is InChI=1S/C20H24N2O3/c1-14(2)22-20(25)18-9-7-17(8-10-18)19(24)21-12-11-15-3-5-16(13-23)6-4-15/h3-10,14,23H,11-13H2,1-2H3,(H,21,24)(H,22,25).